The molecule has 11 heteroatoms. The van der Waals surface area contributed by atoms with Crippen LogP contribution in [0.4, 0.5) is 13.2 Å². The topological polar surface area (TPSA) is 106 Å². The lowest BCUT2D eigenvalue weighted by Crippen LogP contribution is -2.35. The molecule has 1 atom stereocenters. The van der Waals surface area contributed by atoms with E-state index in [0.29, 0.717) is 16.9 Å². The Hall–Kier alpha value is -3.73. The Bertz CT molecular complexity index is 1090. The standard InChI is InChI=1S/C21H19F3N4O4/c1-12(11-29)26-20(30)17-9-16(13-3-5-14(6-4-13)32-21(22,23)24)27-19(28-17)15-10-25-8-7-18(15)31-2/h3-10,12,29H,11H2,1-2H3,(H,26,30). The summed E-state index contributed by atoms with van der Waals surface area (Å²) in [5, 5.41) is 11.8. The molecule has 2 heterocycles. The zero-order chi connectivity index (χ0) is 23.3. The molecule has 0 aliphatic heterocycles. The van der Waals surface area contributed by atoms with E-state index in [1.807, 2.05) is 0 Å². The molecule has 8 nitrogen and oxygen atoms in total. The number of hydrogen-bond acceptors (Lipinski definition) is 7. The van der Waals surface area contributed by atoms with Crippen molar-refractivity contribution >= 4 is 5.91 Å². The van der Waals surface area contributed by atoms with Gasteiger partial charge in [0.25, 0.3) is 5.91 Å². The summed E-state index contributed by atoms with van der Waals surface area (Å²) >= 11 is 0. The first-order chi connectivity index (χ1) is 15.2. The second-order valence-corrected chi connectivity index (χ2v) is 6.67. The molecular weight excluding hydrogens is 429 g/mol. The molecule has 0 aliphatic rings. The molecule has 1 amide bonds. The summed E-state index contributed by atoms with van der Waals surface area (Å²) in [5.74, 6) is -0.401. The molecule has 0 saturated carbocycles. The van der Waals surface area contributed by atoms with Gasteiger partial charge in [0.1, 0.15) is 17.2 Å². The fourth-order valence-electron chi connectivity index (χ4n) is 2.73. The van der Waals surface area contributed by atoms with Gasteiger partial charge >= 0.3 is 6.36 Å². The molecule has 1 aromatic carbocycles. The Kier molecular flexibility index (Phi) is 6.89. The van der Waals surface area contributed by atoms with Crippen molar-refractivity contribution in [3.63, 3.8) is 0 Å². The number of carbonyl (C=O) groups is 1. The van der Waals surface area contributed by atoms with E-state index in [1.165, 1.54) is 37.7 Å². The van der Waals surface area contributed by atoms with Gasteiger partial charge in [-0.15, -0.1) is 13.2 Å². The van der Waals surface area contributed by atoms with E-state index in [9.17, 15) is 23.1 Å². The molecule has 0 saturated heterocycles. The number of carbonyl (C=O) groups excluding carboxylic acids is 1. The molecule has 0 bridgehead atoms. The number of alkyl halides is 3. The third kappa shape index (κ3) is 5.70. The zero-order valence-electron chi connectivity index (χ0n) is 17.1. The highest BCUT2D eigenvalue weighted by Gasteiger charge is 2.31. The lowest BCUT2D eigenvalue weighted by Gasteiger charge is -2.13. The minimum Gasteiger partial charge on any atom is -0.496 e. The van der Waals surface area contributed by atoms with Crippen LogP contribution in [0.2, 0.25) is 0 Å². The van der Waals surface area contributed by atoms with Crippen molar-refractivity contribution in [2.75, 3.05) is 13.7 Å². The number of benzene rings is 1. The number of methoxy groups -OCH3 is 1. The van der Waals surface area contributed by atoms with Crippen LogP contribution in [0.5, 0.6) is 11.5 Å². The Balaban J connectivity index is 2.07. The predicted molar refractivity (Wildman–Crippen MR) is 108 cm³/mol. The molecule has 2 aromatic heterocycles. The van der Waals surface area contributed by atoms with Crippen LogP contribution in [0, 0.1) is 0 Å². The van der Waals surface area contributed by atoms with Gasteiger partial charge in [0, 0.05) is 24.0 Å². The first-order valence-electron chi connectivity index (χ1n) is 9.35. The Morgan fingerprint density at radius 3 is 2.53 bits per heavy atom. The number of aliphatic hydroxyl groups is 1. The normalized spacial score (nSPS) is 12.2. The molecular formula is C21H19F3N4O4. The second-order valence-electron chi connectivity index (χ2n) is 6.67. The van der Waals surface area contributed by atoms with E-state index in [1.54, 1.807) is 13.0 Å². The average Bonchev–Trinajstić information content (AvgIpc) is 2.78. The quantitative estimate of drug-likeness (QED) is 0.572. The maximum Gasteiger partial charge on any atom is 0.573 e. The molecule has 32 heavy (non-hydrogen) atoms. The zero-order valence-corrected chi connectivity index (χ0v) is 17.1. The van der Waals surface area contributed by atoms with Gasteiger partial charge in [-0.3, -0.25) is 9.78 Å². The highest BCUT2D eigenvalue weighted by molar-refractivity contribution is 5.94. The van der Waals surface area contributed by atoms with Gasteiger partial charge in [-0.1, -0.05) is 0 Å². The van der Waals surface area contributed by atoms with Crippen LogP contribution < -0.4 is 14.8 Å². The van der Waals surface area contributed by atoms with Crippen molar-refractivity contribution in [1.29, 1.82) is 0 Å². The van der Waals surface area contributed by atoms with Crippen molar-refractivity contribution in [2.24, 2.45) is 0 Å². The maximum absolute atomic E-state index is 12.6. The number of nitrogens with one attached hydrogen (secondary N) is 1. The molecule has 0 spiro atoms. The number of hydrogen-bond donors (Lipinski definition) is 2. The fourth-order valence-corrected chi connectivity index (χ4v) is 2.73. The van der Waals surface area contributed by atoms with Crippen LogP contribution in [0.25, 0.3) is 22.6 Å². The third-order valence-corrected chi connectivity index (χ3v) is 4.24. The molecule has 0 aliphatic carbocycles. The summed E-state index contributed by atoms with van der Waals surface area (Å²) in [6.07, 6.45) is -1.83. The Labute approximate surface area is 181 Å². The third-order valence-electron chi connectivity index (χ3n) is 4.24. The lowest BCUT2D eigenvalue weighted by atomic mass is 10.1. The van der Waals surface area contributed by atoms with Crippen LogP contribution in [0.15, 0.2) is 48.8 Å². The van der Waals surface area contributed by atoms with Crippen molar-refractivity contribution in [1.82, 2.24) is 20.3 Å². The predicted octanol–water partition coefficient (Wildman–Crippen LogP) is 3.22. The highest BCUT2D eigenvalue weighted by Crippen LogP contribution is 2.30. The summed E-state index contributed by atoms with van der Waals surface area (Å²) < 4.78 is 46.5. The van der Waals surface area contributed by atoms with Gasteiger partial charge in [0.15, 0.2) is 5.82 Å². The van der Waals surface area contributed by atoms with Crippen LogP contribution in [-0.4, -0.2) is 52.1 Å². The van der Waals surface area contributed by atoms with Crippen LogP contribution in [-0.2, 0) is 0 Å². The SMILES string of the molecule is COc1ccncc1-c1nc(C(=O)NC(C)CO)cc(-c2ccc(OC(F)(F)F)cc2)n1. The molecule has 3 aromatic rings. The molecule has 0 radical (unpaired) electrons. The van der Waals surface area contributed by atoms with Crippen LogP contribution in [0.3, 0.4) is 0 Å². The minimum atomic E-state index is -4.81. The lowest BCUT2D eigenvalue weighted by molar-refractivity contribution is -0.274. The summed E-state index contributed by atoms with van der Waals surface area (Å²) in [4.78, 5) is 25.4. The van der Waals surface area contributed by atoms with Crippen LogP contribution >= 0.6 is 0 Å². The van der Waals surface area contributed by atoms with Crippen molar-refractivity contribution in [3.8, 4) is 34.1 Å². The van der Waals surface area contributed by atoms with Gasteiger partial charge in [0.05, 0.1) is 25.0 Å². The smallest absolute Gasteiger partial charge is 0.496 e. The van der Waals surface area contributed by atoms with E-state index in [0.717, 1.165) is 12.1 Å². The molecule has 1 unspecified atom stereocenters. The van der Waals surface area contributed by atoms with E-state index < -0.39 is 18.3 Å². The fraction of sp³-hybridized carbons (Fsp3) is 0.238. The summed E-state index contributed by atoms with van der Waals surface area (Å²) in [6.45, 7) is 1.35. The van der Waals surface area contributed by atoms with Crippen molar-refractivity contribution in [2.45, 2.75) is 19.3 Å². The monoisotopic (exact) mass is 448 g/mol. The van der Waals surface area contributed by atoms with Gasteiger partial charge in [0.2, 0.25) is 0 Å². The van der Waals surface area contributed by atoms with E-state index >= 15 is 0 Å². The number of halogens is 3. The highest BCUT2D eigenvalue weighted by atomic mass is 19.4. The van der Waals surface area contributed by atoms with Crippen molar-refractivity contribution in [3.05, 3.63) is 54.5 Å². The largest absolute Gasteiger partial charge is 0.573 e. The van der Waals surface area contributed by atoms with E-state index in [2.05, 4.69) is 25.0 Å². The number of ether oxygens (including phenoxy) is 2. The summed E-state index contributed by atoms with van der Waals surface area (Å²) in [7, 11) is 1.46. The number of amides is 1. The minimum absolute atomic E-state index is 0.00757. The number of aromatic nitrogens is 3. The van der Waals surface area contributed by atoms with Gasteiger partial charge < -0.3 is 19.9 Å². The molecule has 3 rings (SSSR count). The average molecular weight is 448 g/mol. The number of pyridine rings is 1. The molecule has 168 valence electrons. The number of rotatable bonds is 7. The molecule has 2 N–H and O–H groups in total. The van der Waals surface area contributed by atoms with Gasteiger partial charge in [-0.25, -0.2) is 9.97 Å². The first kappa shape index (κ1) is 22.9. The Morgan fingerprint density at radius 1 is 1.19 bits per heavy atom. The second kappa shape index (κ2) is 9.60. The van der Waals surface area contributed by atoms with E-state index in [4.69, 9.17) is 4.74 Å². The van der Waals surface area contributed by atoms with Gasteiger partial charge in [-0.2, -0.15) is 0 Å². The van der Waals surface area contributed by atoms with Gasteiger partial charge in [-0.05, 0) is 43.3 Å². The van der Waals surface area contributed by atoms with E-state index in [-0.39, 0.29) is 29.6 Å². The molecule has 0 fully saturated rings. The van der Waals surface area contributed by atoms with Crippen LogP contribution in [0.1, 0.15) is 17.4 Å². The maximum atomic E-state index is 12.6. The summed E-state index contributed by atoms with van der Waals surface area (Å²) in [5.41, 5.74) is 1.11. The number of nitrogens with zero attached hydrogens (tertiary/aromatic N) is 3. The van der Waals surface area contributed by atoms with Crippen molar-refractivity contribution < 1.29 is 32.5 Å². The summed E-state index contributed by atoms with van der Waals surface area (Å²) in [6, 6.07) is 7.52. The first-order valence-corrected chi connectivity index (χ1v) is 9.35. The number of aliphatic hydroxyl groups excluding tert-OH is 1. The Morgan fingerprint density at radius 2 is 1.91 bits per heavy atom.